The molecule has 0 aliphatic carbocycles. The molecular formula is C20H39N3. The molecule has 3 rings (SSSR count). The zero-order valence-electron chi connectivity index (χ0n) is 16.6. The SMILES string of the molecule is CC(C)C1C2C3CCCNC3NC2N(C(C)(C)C)C1C(C)(C)C. The lowest BCUT2D eigenvalue weighted by Gasteiger charge is -2.48. The molecule has 0 aromatic rings. The first-order chi connectivity index (χ1) is 10.5. The number of hydrogen-bond donors (Lipinski definition) is 2. The predicted octanol–water partition coefficient (Wildman–Crippen LogP) is 3.66. The molecule has 3 heteroatoms. The highest BCUT2D eigenvalue weighted by Gasteiger charge is 2.62. The maximum atomic E-state index is 4.01. The van der Waals surface area contributed by atoms with Gasteiger partial charge in [-0.05, 0) is 69.2 Å². The number of nitrogens with zero attached hydrogens (tertiary/aromatic N) is 1. The van der Waals surface area contributed by atoms with Crippen LogP contribution >= 0.6 is 0 Å². The maximum Gasteiger partial charge on any atom is 0.0652 e. The molecule has 6 unspecified atom stereocenters. The third-order valence-corrected chi connectivity index (χ3v) is 6.56. The van der Waals surface area contributed by atoms with Crippen LogP contribution < -0.4 is 10.6 Å². The van der Waals surface area contributed by atoms with Crippen molar-refractivity contribution in [3.63, 3.8) is 0 Å². The van der Waals surface area contributed by atoms with Gasteiger partial charge in [0.1, 0.15) is 0 Å². The number of nitrogens with one attached hydrogen (secondary N) is 2. The van der Waals surface area contributed by atoms with E-state index in [0.717, 1.165) is 23.7 Å². The van der Waals surface area contributed by atoms with Crippen molar-refractivity contribution >= 4 is 0 Å². The number of fused-ring (bicyclic) bond motifs is 3. The minimum atomic E-state index is 0.199. The molecule has 3 saturated heterocycles. The number of hydrogen-bond acceptors (Lipinski definition) is 3. The Labute approximate surface area is 144 Å². The fraction of sp³-hybridized carbons (Fsp3) is 1.00. The summed E-state index contributed by atoms with van der Waals surface area (Å²) in [5, 5.41) is 7.77. The van der Waals surface area contributed by atoms with Crippen LogP contribution in [0.2, 0.25) is 0 Å². The molecule has 134 valence electrons. The number of piperidine rings is 1. The molecule has 6 atom stereocenters. The van der Waals surface area contributed by atoms with E-state index in [1.807, 2.05) is 0 Å². The van der Waals surface area contributed by atoms with Crippen molar-refractivity contribution in [1.29, 1.82) is 0 Å². The summed E-state index contributed by atoms with van der Waals surface area (Å²) in [5.41, 5.74) is 0.511. The van der Waals surface area contributed by atoms with E-state index in [0.29, 0.717) is 23.8 Å². The highest BCUT2D eigenvalue weighted by molar-refractivity contribution is 5.13. The molecule has 0 radical (unpaired) electrons. The molecule has 3 heterocycles. The molecule has 3 aliphatic rings. The minimum absolute atomic E-state index is 0.199. The average molecular weight is 322 g/mol. The minimum Gasteiger partial charge on any atom is -0.302 e. The summed E-state index contributed by atoms with van der Waals surface area (Å²) >= 11 is 0. The zero-order valence-corrected chi connectivity index (χ0v) is 16.6. The monoisotopic (exact) mass is 321 g/mol. The van der Waals surface area contributed by atoms with E-state index < -0.39 is 0 Å². The summed E-state index contributed by atoms with van der Waals surface area (Å²) in [4.78, 5) is 2.85. The van der Waals surface area contributed by atoms with Crippen LogP contribution in [-0.4, -0.2) is 35.4 Å². The summed E-state index contributed by atoms with van der Waals surface area (Å²) in [6.45, 7) is 20.6. The van der Waals surface area contributed by atoms with Crippen LogP contribution in [-0.2, 0) is 0 Å². The second-order valence-electron chi connectivity index (χ2n) is 10.6. The Balaban J connectivity index is 2.04. The predicted molar refractivity (Wildman–Crippen MR) is 98.1 cm³/mol. The van der Waals surface area contributed by atoms with Crippen molar-refractivity contribution in [2.75, 3.05) is 6.54 Å². The van der Waals surface area contributed by atoms with Gasteiger partial charge in [0.2, 0.25) is 0 Å². The summed E-state index contributed by atoms with van der Waals surface area (Å²) in [6.07, 6.45) is 3.80. The van der Waals surface area contributed by atoms with E-state index in [-0.39, 0.29) is 5.54 Å². The van der Waals surface area contributed by atoms with Crippen molar-refractivity contribution < 1.29 is 0 Å². The van der Waals surface area contributed by atoms with Gasteiger partial charge in [-0.25, -0.2) is 0 Å². The molecule has 2 N–H and O–H groups in total. The van der Waals surface area contributed by atoms with E-state index in [4.69, 9.17) is 0 Å². The van der Waals surface area contributed by atoms with E-state index >= 15 is 0 Å². The molecule has 3 aliphatic heterocycles. The highest BCUT2D eigenvalue weighted by Crippen LogP contribution is 2.55. The van der Waals surface area contributed by atoms with Crippen molar-refractivity contribution in [3.05, 3.63) is 0 Å². The van der Waals surface area contributed by atoms with Gasteiger partial charge in [-0.1, -0.05) is 34.6 Å². The van der Waals surface area contributed by atoms with Gasteiger partial charge in [-0.15, -0.1) is 0 Å². The first-order valence-corrected chi connectivity index (χ1v) is 9.81. The Morgan fingerprint density at radius 3 is 2.22 bits per heavy atom. The summed E-state index contributed by atoms with van der Waals surface area (Å²) in [5.74, 6) is 3.11. The topological polar surface area (TPSA) is 27.3 Å². The Kier molecular flexibility index (Phi) is 4.39. The molecule has 0 amide bonds. The largest absolute Gasteiger partial charge is 0.302 e. The third-order valence-electron chi connectivity index (χ3n) is 6.56. The van der Waals surface area contributed by atoms with E-state index in [2.05, 4.69) is 70.9 Å². The Morgan fingerprint density at radius 1 is 1.04 bits per heavy atom. The molecule has 23 heavy (non-hydrogen) atoms. The lowest BCUT2D eigenvalue weighted by atomic mass is 9.67. The van der Waals surface area contributed by atoms with Crippen molar-refractivity contribution in [2.24, 2.45) is 29.1 Å². The fourth-order valence-corrected chi connectivity index (χ4v) is 6.01. The molecule has 0 spiro atoms. The van der Waals surface area contributed by atoms with Gasteiger partial charge in [0, 0.05) is 11.6 Å². The van der Waals surface area contributed by atoms with Crippen molar-refractivity contribution in [1.82, 2.24) is 15.5 Å². The summed E-state index contributed by atoms with van der Waals surface area (Å²) in [7, 11) is 0. The van der Waals surface area contributed by atoms with Crippen LogP contribution in [0.3, 0.4) is 0 Å². The van der Waals surface area contributed by atoms with Gasteiger partial charge in [0.15, 0.2) is 0 Å². The van der Waals surface area contributed by atoms with Gasteiger partial charge < -0.3 is 5.32 Å². The second kappa shape index (κ2) is 5.71. The number of rotatable bonds is 1. The Bertz CT molecular complexity index is 431. The maximum absolute atomic E-state index is 4.01. The highest BCUT2D eigenvalue weighted by atomic mass is 15.4. The lowest BCUT2D eigenvalue weighted by Crippen LogP contribution is -2.60. The standard InChI is InChI=1S/C20H39N3/c1-12(2)14-15-13-10-9-11-21-17(13)22-18(15)23(20(6,7)8)16(14)19(3,4)5/h12-18,21-22H,9-11H2,1-8H3. The van der Waals surface area contributed by atoms with Gasteiger partial charge in [0.25, 0.3) is 0 Å². The lowest BCUT2D eigenvalue weighted by molar-refractivity contribution is -0.00564. The normalized spacial score (nSPS) is 42.1. The molecule has 3 fully saturated rings. The Morgan fingerprint density at radius 2 is 1.70 bits per heavy atom. The van der Waals surface area contributed by atoms with Crippen LogP contribution in [0.4, 0.5) is 0 Å². The second-order valence-corrected chi connectivity index (χ2v) is 10.6. The summed E-state index contributed by atoms with van der Waals surface area (Å²) < 4.78 is 0. The van der Waals surface area contributed by atoms with Crippen LogP contribution in [0.1, 0.15) is 68.2 Å². The smallest absolute Gasteiger partial charge is 0.0652 e. The van der Waals surface area contributed by atoms with Crippen LogP contribution in [0.25, 0.3) is 0 Å². The quantitative estimate of drug-likeness (QED) is 0.772. The van der Waals surface area contributed by atoms with E-state index in [9.17, 15) is 0 Å². The van der Waals surface area contributed by atoms with Crippen LogP contribution in [0, 0.1) is 29.1 Å². The average Bonchev–Trinajstić information content (AvgIpc) is 2.89. The van der Waals surface area contributed by atoms with E-state index in [1.54, 1.807) is 0 Å². The first kappa shape index (κ1) is 17.7. The molecule has 0 aromatic carbocycles. The molecule has 0 bridgehead atoms. The van der Waals surface area contributed by atoms with Gasteiger partial charge >= 0.3 is 0 Å². The first-order valence-electron chi connectivity index (χ1n) is 9.81. The molecule has 3 nitrogen and oxygen atoms in total. The van der Waals surface area contributed by atoms with Crippen LogP contribution in [0.5, 0.6) is 0 Å². The molecule has 0 saturated carbocycles. The van der Waals surface area contributed by atoms with Crippen molar-refractivity contribution in [3.8, 4) is 0 Å². The third kappa shape index (κ3) is 2.87. The Hall–Kier alpha value is -0.120. The van der Waals surface area contributed by atoms with Crippen LogP contribution in [0.15, 0.2) is 0 Å². The fourth-order valence-electron chi connectivity index (χ4n) is 6.01. The van der Waals surface area contributed by atoms with E-state index in [1.165, 1.54) is 19.4 Å². The zero-order chi connectivity index (χ0) is 17.2. The molecular weight excluding hydrogens is 282 g/mol. The van der Waals surface area contributed by atoms with Crippen molar-refractivity contribution in [2.45, 2.75) is 92.1 Å². The molecule has 0 aromatic heterocycles. The van der Waals surface area contributed by atoms with Gasteiger partial charge in [-0.2, -0.15) is 0 Å². The van der Waals surface area contributed by atoms with Gasteiger partial charge in [-0.3, -0.25) is 10.2 Å². The summed E-state index contributed by atoms with van der Waals surface area (Å²) in [6, 6.07) is 0.646. The van der Waals surface area contributed by atoms with Gasteiger partial charge in [0.05, 0.1) is 12.3 Å². The number of likely N-dealkylation sites (tertiary alicyclic amines) is 1.